The molecule has 0 spiro atoms. The van der Waals surface area contributed by atoms with Gasteiger partial charge in [-0.3, -0.25) is 0 Å². The predicted octanol–water partition coefficient (Wildman–Crippen LogP) is 2.48. The maximum absolute atomic E-state index is 10.3. The van der Waals surface area contributed by atoms with Crippen LogP contribution in [-0.4, -0.2) is 16.6 Å². The van der Waals surface area contributed by atoms with E-state index in [-0.39, 0.29) is 0 Å². The van der Waals surface area contributed by atoms with Crippen LogP contribution in [0.25, 0.3) is 0 Å². The fraction of sp³-hybridized carbons (Fsp3) is 0.125. The average Bonchev–Trinajstić information content (AvgIpc) is 2.08. The first-order valence-corrected chi connectivity index (χ1v) is 4.61. The zero-order valence-electron chi connectivity index (χ0n) is 6.41. The smallest absolute Gasteiger partial charge is 0.360 e. The van der Waals surface area contributed by atoms with Crippen LogP contribution in [0.2, 0.25) is 0 Å². The monoisotopic (exact) mass is 264 g/mol. The number of rotatable bonds is 3. The molecule has 0 bridgehead atoms. The highest BCUT2D eigenvalue weighted by Gasteiger charge is 2.14. The van der Waals surface area contributed by atoms with Crippen molar-refractivity contribution in [1.29, 1.82) is 0 Å². The number of aliphatic carboxylic acids is 1. The first-order chi connectivity index (χ1) is 6.09. The summed E-state index contributed by atoms with van der Waals surface area (Å²) < 4.78 is 5.77. The van der Waals surface area contributed by atoms with Crippen LogP contribution in [0.3, 0.4) is 0 Å². The van der Waals surface area contributed by atoms with E-state index in [1.165, 1.54) is 0 Å². The lowest BCUT2D eigenvalue weighted by molar-refractivity contribution is -0.141. The fourth-order valence-electron chi connectivity index (χ4n) is 0.683. The third kappa shape index (κ3) is 3.24. The molecule has 1 N–H and O–H groups in total. The van der Waals surface area contributed by atoms with Gasteiger partial charge in [0, 0.05) is 4.47 Å². The molecule has 1 aromatic rings. The normalized spacial score (nSPS) is 12.2. The first-order valence-electron chi connectivity index (χ1n) is 3.38. The Kier molecular flexibility index (Phi) is 3.57. The van der Waals surface area contributed by atoms with Crippen LogP contribution in [0, 0.1) is 0 Å². The second-order valence-corrected chi connectivity index (χ2v) is 3.54. The Hall–Kier alpha value is -0.740. The van der Waals surface area contributed by atoms with E-state index in [0.29, 0.717) is 5.75 Å². The van der Waals surface area contributed by atoms with Crippen LogP contribution in [-0.2, 0) is 4.79 Å². The molecule has 5 heteroatoms. The van der Waals surface area contributed by atoms with Crippen LogP contribution in [0.15, 0.2) is 28.7 Å². The van der Waals surface area contributed by atoms with Crippen LogP contribution < -0.4 is 4.74 Å². The zero-order chi connectivity index (χ0) is 9.84. The molecule has 0 aliphatic rings. The Labute approximate surface area is 88.4 Å². The summed E-state index contributed by atoms with van der Waals surface area (Å²) >= 11 is 8.59. The fourth-order valence-corrected chi connectivity index (χ4v) is 1.05. The summed E-state index contributed by atoms with van der Waals surface area (Å²) in [4.78, 5) is 10.3. The molecule has 1 aromatic carbocycles. The summed E-state index contributed by atoms with van der Waals surface area (Å²) in [5.41, 5.74) is -1.35. The Morgan fingerprint density at radius 3 is 2.46 bits per heavy atom. The van der Waals surface area contributed by atoms with Gasteiger partial charge in [0.15, 0.2) is 0 Å². The van der Waals surface area contributed by atoms with E-state index >= 15 is 0 Å². The van der Waals surface area contributed by atoms with Gasteiger partial charge in [0.2, 0.25) is 0 Å². The molecule has 0 saturated heterocycles. The number of alkyl halides is 1. The van der Waals surface area contributed by atoms with Crippen LogP contribution in [0.4, 0.5) is 0 Å². The van der Waals surface area contributed by atoms with Crippen molar-refractivity contribution in [1.82, 2.24) is 0 Å². The van der Waals surface area contributed by atoms with Gasteiger partial charge >= 0.3 is 5.97 Å². The summed E-state index contributed by atoms with van der Waals surface area (Å²) in [5.74, 6) is -0.782. The number of hydrogen-bond donors (Lipinski definition) is 1. The van der Waals surface area contributed by atoms with Gasteiger partial charge in [0.25, 0.3) is 5.56 Å². The van der Waals surface area contributed by atoms with Gasteiger partial charge < -0.3 is 9.84 Å². The molecule has 0 fully saturated rings. The third-order valence-electron chi connectivity index (χ3n) is 1.25. The van der Waals surface area contributed by atoms with Crippen molar-refractivity contribution in [2.45, 2.75) is 5.56 Å². The number of benzene rings is 1. The largest absolute Gasteiger partial charge is 0.478 e. The molecule has 1 unspecified atom stereocenters. The number of carboxylic acid groups (broad SMARTS) is 1. The Morgan fingerprint density at radius 1 is 1.46 bits per heavy atom. The quantitative estimate of drug-likeness (QED) is 0.854. The minimum absolute atomic E-state index is 0.422. The molecule has 0 saturated carbocycles. The minimum Gasteiger partial charge on any atom is -0.478 e. The molecule has 0 aromatic heterocycles. The molecule has 0 heterocycles. The summed E-state index contributed by atoms with van der Waals surface area (Å²) in [6.45, 7) is 0. The molecular formula is C8H6BrClO3. The second-order valence-electron chi connectivity index (χ2n) is 2.23. The molecule has 0 aliphatic heterocycles. The Bertz CT molecular complexity index is 299. The highest BCUT2D eigenvalue weighted by atomic mass is 79.9. The highest BCUT2D eigenvalue weighted by molar-refractivity contribution is 9.10. The van der Waals surface area contributed by atoms with E-state index in [4.69, 9.17) is 21.4 Å². The molecule has 0 radical (unpaired) electrons. The molecular weight excluding hydrogens is 259 g/mol. The average molecular weight is 265 g/mol. The van der Waals surface area contributed by atoms with Gasteiger partial charge in [-0.25, -0.2) is 4.79 Å². The molecule has 0 amide bonds. The summed E-state index contributed by atoms with van der Waals surface area (Å²) in [5, 5.41) is 8.43. The summed E-state index contributed by atoms with van der Waals surface area (Å²) in [6.07, 6.45) is 0. The van der Waals surface area contributed by atoms with Crippen molar-refractivity contribution in [3.8, 4) is 5.75 Å². The van der Waals surface area contributed by atoms with Crippen LogP contribution >= 0.6 is 27.5 Å². The lowest BCUT2D eigenvalue weighted by Gasteiger charge is -2.07. The number of carboxylic acids is 1. The van der Waals surface area contributed by atoms with Gasteiger partial charge in [0.1, 0.15) is 5.75 Å². The van der Waals surface area contributed by atoms with Gasteiger partial charge in [-0.2, -0.15) is 0 Å². The maximum atomic E-state index is 10.3. The maximum Gasteiger partial charge on any atom is 0.360 e. The van der Waals surface area contributed by atoms with Crippen LogP contribution in [0.5, 0.6) is 5.75 Å². The van der Waals surface area contributed by atoms with Crippen molar-refractivity contribution in [3.05, 3.63) is 28.7 Å². The van der Waals surface area contributed by atoms with Crippen molar-refractivity contribution >= 4 is 33.5 Å². The molecule has 0 aliphatic carbocycles. The van der Waals surface area contributed by atoms with Crippen LogP contribution in [0.1, 0.15) is 0 Å². The second kappa shape index (κ2) is 4.48. The molecule has 3 nitrogen and oxygen atoms in total. The highest BCUT2D eigenvalue weighted by Crippen LogP contribution is 2.18. The summed E-state index contributed by atoms with van der Waals surface area (Å²) in [7, 11) is 0. The number of carbonyl (C=O) groups is 1. The topological polar surface area (TPSA) is 46.5 Å². The van der Waals surface area contributed by atoms with E-state index in [0.717, 1.165) is 4.47 Å². The van der Waals surface area contributed by atoms with Gasteiger partial charge in [0.05, 0.1) is 0 Å². The third-order valence-corrected chi connectivity index (χ3v) is 2.05. The zero-order valence-corrected chi connectivity index (χ0v) is 8.75. The van der Waals surface area contributed by atoms with Crippen molar-refractivity contribution in [2.75, 3.05) is 0 Å². The van der Waals surface area contributed by atoms with E-state index < -0.39 is 11.5 Å². The van der Waals surface area contributed by atoms with Gasteiger partial charge in [-0.15, -0.1) is 0 Å². The SMILES string of the molecule is O=C(O)C(Cl)Oc1ccc(Br)cc1. The van der Waals surface area contributed by atoms with Gasteiger partial charge in [-0.1, -0.05) is 27.5 Å². The van der Waals surface area contributed by atoms with Crippen molar-refractivity contribution in [3.63, 3.8) is 0 Å². The predicted molar refractivity (Wildman–Crippen MR) is 52.0 cm³/mol. The number of halogens is 2. The van der Waals surface area contributed by atoms with E-state index in [1.807, 2.05) is 0 Å². The van der Waals surface area contributed by atoms with E-state index in [9.17, 15) is 4.79 Å². The van der Waals surface area contributed by atoms with E-state index in [1.54, 1.807) is 24.3 Å². The Balaban J connectivity index is 2.64. The number of hydrogen-bond acceptors (Lipinski definition) is 2. The molecule has 1 atom stereocenters. The number of ether oxygens (including phenoxy) is 1. The first kappa shape index (κ1) is 10.3. The van der Waals surface area contributed by atoms with Crippen molar-refractivity contribution in [2.24, 2.45) is 0 Å². The molecule has 1 rings (SSSR count). The van der Waals surface area contributed by atoms with Gasteiger partial charge in [-0.05, 0) is 24.3 Å². The molecule has 13 heavy (non-hydrogen) atoms. The van der Waals surface area contributed by atoms with Crippen molar-refractivity contribution < 1.29 is 14.6 Å². The lowest BCUT2D eigenvalue weighted by Crippen LogP contribution is -2.20. The standard InChI is InChI=1S/C8H6BrClO3/c9-5-1-3-6(4-2-5)13-7(10)8(11)12/h1-4,7H,(H,11,12). The Morgan fingerprint density at radius 2 is 2.00 bits per heavy atom. The van der Waals surface area contributed by atoms with E-state index in [2.05, 4.69) is 15.9 Å². The lowest BCUT2D eigenvalue weighted by atomic mass is 10.3. The molecule has 70 valence electrons. The minimum atomic E-state index is -1.35. The summed E-state index contributed by atoms with van der Waals surface area (Å²) in [6, 6.07) is 6.73.